The lowest BCUT2D eigenvalue weighted by Crippen LogP contribution is -2.17. The molecule has 0 unspecified atom stereocenters. The summed E-state index contributed by atoms with van der Waals surface area (Å²) >= 11 is 1.51. The Labute approximate surface area is 192 Å². The lowest BCUT2D eigenvalue weighted by atomic mass is 9.86. The molecule has 5 rings (SSSR count). The predicted molar refractivity (Wildman–Crippen MR) is 128 cm³/mol. The monoisotopic (exact) mass is 442 g/mol. The summed E-state index contributed by atoms with van der Waals surface area (Å²) in [6, 6.07) is 20.7. The summed E-state index contributed by atoms with van der Waals surface area (Å²) in [7, 11) is 0. The van der Waals surface area contributed by atoms with E-state index in [4.69, 9.17) is 4.74 Å². The van der Waals surface area contributed by atoms with Crippen molar-refractivity contribution >= 4 is 22.4 Å². The molecular weight excluding hydrogens is 416 g/mol. The zero-order valence-electron chi connectivity index (χ0n) is 18.0. The second-order valence-corrected chi connectivity index (χ2v) is 9.86. The first-order valence-electron chi connectivity index (χ1n) is 11.4. The third-order valence-electron chi connectivity index (χ3n) is 6.68. The number of carbonyl (C=O) groups excluding carboxylic acids is 1. The van der Waals surface area contributed by atoms with Gasteiger partial charge in [-0.15, -0.1) is 11.3 Å². The molecule has 3 aromatic rings. The maximum atomic E-state index is 12.6. The van der Waals surface area contributed by atoms with Crippen molar-refractivity contribution in [2.24, 2.45) is 5.92 Å². The molecule has 1 heterocycles. The average Bonchev–Trinajstić information content (AvgIpc) is 3.36. The number of ether oxygens (including phenoxy) is 1. The fraction of sp³-hybridized carbons (Fsp3) is 0.333. The number of amides is 1. The maximum absolute atomic E-state index is 12.6. The molecule has 32 heavy (non-hydrogen) atoms. The molecular formula is C27H26N2O2S. The van der Waals surface area contributed by atoms with E-state index in [1.54, 1.807) is 0 Å². The van der Waals surface area contributed by atoms with Crippen molar-refractivity contribution in [1.29, 1.82) is 5.26 Å². The van der Waals surface area contributed by atoms with Crippen LogP contribution in [0, 0.1) is 17.2 Å². The topological polar surface area (TPSA) is 62.1 Å². The molecule has 2 aliphatic rings. The molecule has 0 atom stereocenters. The molecule has 162 valence electrons. The van der Waals surface area contributed by atoms with Gasteiger partial charge >= 0.3 is 6.09 Å². The quantitative estimate of drug-likeness (QED) is 0.458. The van der Waals surface area contributed by atoms with Gasteiger partial charge in [-0.05, 0) is 40.7 Å². The largest absolute Gasteiger partial charge is 0.448 e. The number of thiophene rings is 1. The van der Waals surface area contributed by atoms with Gasteiger partial charge in [-0.3, -0.25) is 5.32 Å². The number of hydrogen-bond acceptors (Lipinski definition) is 4. The Morgan fingerprint density at radius 3 is 2.34 bits per heavy atom. The van der Waals surface area contributed by atoms with E-state index >= 15 is 0 Å². The Kier molecular flexibility index (Phi) is 5.96. The second kappa shape index (κ2) is 9.18. The van der Waals surface area contributed by atoms with Gasteiger partial charge in [0.05, 0.1) is 5.56 Å². The van der Waals surface area contributed by atoms with Gasteiger partial charge in [0.25, 0.3) is 0 Å². The summed E-state index contributed by atoms with van der Waals surface area (Å²) in [6.07, 6.45) is 6.93. The Morgan fingerprint density at radius 2 is 1.69 bits per heavy atom. The minimum Gasteiger partial charge on any atom is -0.448 e. The third kappa shape index (κ3) is 4.16. The number of nitrogens with zero attached hydrogens (tertiary/aromatic N) is 1. The highest BCUT2D eigenvalue weighted by molar-refractivity contribution is 7.16. The molecule has 1 N–H and O–H groups in total. The normalized spacial score (nSPS) is 15.6. The summed E-state index contributed by atoms with van der Waals surface area (Å²) < 4.78 is 5.65. The standard InChI is InChI=1S/C27H26N2O2S/c28-16-19-15-20(14-18-8-2-1-3-9-18)32-26(19)29-27(30)31-17-25-23-12-6-4-10-21(23)22-11-5-7-13-24(22)25/h4-7,10-13,15,18,25H,1-3,8-9,14,17H2,(H,29,30). The zero-order valence-corrected chi connectivity index (χ0v) is 18.8. The van der Waals surface area contributed by atoms with E-state index in [1.165, 1.54) is 70.6 Å². The number of nitriles is 1. The Morgan fingerprint density at radius 1 is 1.03 bits per heavy atom. The van der Waals surface area contributed by atoms with Crippen LogP contribution in [0.25, 0.3) is 11.1 Å². The van der Waals surface area contributed by atoms with Crippen LogP contribution >= 0.6 is 11.3 Å². The number of anilines is 1. The molecule has 0 radical (unpaired) electrons. The van der Waals surface area contributed by atoms with Gasteiger partial charge in [-0.1, -0.05) is 80.6 Å². The fourth-order valence-corrected chi connectivity index (χ4v) is 6.23. The van der Waals surface area contributed by atoms with E-state index in [-0.39, 0.29) is 12.5 Å². The highest BCUT2D eigenvalue weighted by Crippen LogP contribution is 2.44. The number of fused-ring (bicyclic) bond motifs is 3. The first kappa shape index (κ1) is 20.8. The van der Waals surface area contributed by atoms with E-state index in [1.807, 2.05) is 30.3 Å². The molecule has 1 saturated carbocycles. The highest BCUT2D eigenvalue weighted by Gasteiger charge is 2.29. The van der Waals surface area contributed by atoms with E-state index in [9.17, 15) is 10.1 Å². The first-order chi connectivity index (χ1) is 15.7. The second-order valence-electron chi connectivity index (χ2n) is 8.73. The van der Waals surface area contributed by atoms with Gasteiger partial charge in [-0.25, -0.2) is 4.79 Å². The van der Waals surface area contributed by atoms with Crippen molar-refractivity contribution in [2.75, 3.05) is 11.9 Å². The molecule has 4 nitrogen and oxygen atoms in total. The summed E-state index contributed by atoms with van der Waals surface area (Å²) in [5, 5.41) is 13.0. The molecule has 1 aromatic heterocycles. The molecule has 1 amide bonds. The molecule has 0 bridgehead atoms. The molecule has 0 aliphatic heterocycles. The number of benzene rings is 2. The fourth-order valence-electron chi connectivity index (χ4n) is 5.12. The van der Waals surface area contributed by atoms with Crippen LogP contribution < -0.4 is 5.32 Å². The van der Waals surface area contributed by atoms with Crippen molar-refractivity contribution in [1.82, 2.24) is 0 Å². The first-order valence-corrected chi connectivity index (χ1v) is 12.2. The number of rotatable bonds is 5. The summed E-state index contributed by atoms with van der Waals surface area (Å²) in [5.74, 6) is 0.713. The number of hydrogen-bond donors (Lipinski definition) is 1. The summed E-state index contributed by atoms with van der Waals surface area (Å²) in [4.78, 5) is 13.8. The minimum absolute atomic E-state index is 0.0220. The molecule has 1 fully saturated rings. The van der Waals surface area contributed by atoms with Gasteiger partial charge in [0.15, 0.2) is 0 Å². The zero-order chi connectivity index (χ0) is 21.9. The van der Waals surface area contributed by atoms with Crippen molar-refractivity contribution in [2.45, 2.75) is 44.4 Å². The van der Waals surface area contributed by atoms with Gasteiger partial charge in [0.1, 0.15) is 17.7 Å². The minimum atomic E-state index is -0.505. The SMILES string of the molecule is N#Cc1cc(CC2CCCCC2)sc1NC(=O)OCC1c2ccccc2-c2ccccc21. The Hall–Kier alpha value is -3.10. The molecule has 0 spiro atoms. The van der Waals surface area contributed by atoms with Crippen LogP contribution in [-0.2, 0) is 11.2 Å². The summed E-state index contributed by atoms with van der Waals surface area (Å²) in [6.45, 7) is 0.266. The molecule has 2 aromatic carbocycles. The van der Waals surface area contributed by atoms with E-state index < -0.39 is 6.09 Å². The Balaban J connectivity index is 1.25. The third-order valence-corrected chi connectivity index (χ3v) is 7.75. The molecule has 0 saturated heterocycles. The molecule has 2 aliphatic carbocycles. The van der Waals surface area contributed by atoms with Crippen LogP contribution in [0.1, 0.15) is 59.6 Å². The van der Waals surface area contributed by atoms with Gasteiger partial charge in [0, 0.05) is 10.8 Å². The lowest BCUT2D eigenvalue weighted by Gasteiger charge is -2.20. The van der Waals surface area contributed by atoms with E-state index in [2.05, 4.69) is 35.7 Å². The maximum Gasteiger partial charge on any atom is 0.412 e. The average molecular weight is 443 g/mol. The summed E-state index contributed by atoms with van der Waals surface area (Å²) in [5.41, 5.74) is 5.30. The predicted octanol–water partition coefficient (Wildman–Crippen LogP) is 7.10. The van der Waals surface area contributed by atoms with Gasteiger partial charge < -0.3 is 4.74 Å². The van der Waals surface area contributed by atoms with E-state index in [0.717, 1.165) is 6.42 Å². The van der Waals surface area contributed by atoms with Crippen molar-refractivity contribution in [3.8, 4) is 17.2 Å². The highest BCUT2D eigenvalue weighted by atomic mass is 32.1. The van der Waals surface area contributed by atoms with Crippen LogP contribution in [0.5, 0.6) is 0 Å². The van der Waals surface area contributed by atoms with E-state index in [0.29, 0.717) is 16.5 Å². The smallest absolute Gasteiger partial charge is 0.412 e. The van der Waals surface area contributed by atoms with Crippen LogP contribution in [-0.4, -0.2) is 12.7 Å². The Bertz CT molecular complexity index is 1120. The van der Waals surface area contributed by atoms with Crippen molar-refractivity contribution < 1.29 is 9.53 Å². The van der Waals surface area contributed by atoms with Crippen molar-refractivity contribution in [3.63, 3.8) is 0 Å². The number of carbonyl (C=O) groups is 1. The van der Waals surface area contributed by atoms with Crippen LogP contribution in [0.15, 0.2) is 54.6 Å². The van der Waals surface area contributed by atoms with Crippen LogP contribution in [0.2, 0.25) is 0 Å². The lowest BCUT2D eigenvalue weighted by molar-refractivity contribution is 0.158. The number of nitrogens with one attached hydrogen (secondary N) is 1. The van der Waals surface area contributed by atoms with Gasteiger partial charge in [0.2, 0.25) is 0 Å². The van der Waals surface area contributed by atoms with Crippen molar-refractivity contribution in [3.05, 3.63) is 76.2 Å². The van der Waals surface area contributed by atoms with Crippen LogP contribution in [0.4, 0.5) is 9.80 Å². The van der Waals surface area contributed by atoms with Crippen LogP contribution in [0.3, 0.4) is 0 Å². The molecule has 5 heteroatoms. The van der Waals surface area contributed by atoms with Gasteiger partial charge in [-0.2, -0.15) is 5.26 Å².